The fourth-order valence-corrected chi connectivity index (χ4v) is 1.32. The number of rotatable bonds is 5. The molecule has 102 valence electrons. The van der Waals surface area contributed by atoms with Gasteiger partial charge in [0.15, 0.2) is 6.61 Å². The maximum Gasteiger partial charge on any atom is 0.331 e. The molecule has 0 aliphatic heterocycles. The van der Waals surface area contributed by atoms with E-state index < -0.39 is 11.8 Å². The van der Waals surface area contributed by atoms with E-state index in [0.29, 0.717) is 0 Å². The van der Waals surface area contributed by atoms with Crippen LogP contribution >= 0.6 is 0 Å². The van der Waals surface area contributed by atoms with Gasteiger partial charge in [-0.3, -0.25) is 4.79 Å². The van der Waals surface area contributed by atoms with Gasteiger partial charge in [-0.25, -0.2) is 9.18 Å². The minimum Gasteiger partial charge on any atom is -0.452 e. The Bertz CT molecular complexity index is 483. The molecule has 0 heterocycles. The number of ether oxygens (including phenoxy) is 1. The molecule has 0 radical (unpaired) electrons. The van der Waals surface area contributed by atoms with E-state index in [4.69, 9.17) is 4.74 Å². The van der Waals surface area contributed by atoms with Crippen LogP contribution in [0.2, 0.25) is 0 Å². The second-order valence-electron chi connectivity index (χ2n) is 4.18. The summed E-state index contributed by atoms with van der Waals surface area (Å²) in [6, 6.07) is 6.03. The van der Waals surface area contributed by atoms with Crippen LogP contribution in [0, 0.1) is 5.82 Å². The molecule has 0 spiro atoms. The smallest absolute Gasteiger partial charge is 0.331 e. The predicted molar refractivity (Wildman–Crippen MR) is 69.7 cm³/mol. The minimum atomic E-state index is -0.692. The summed E-state index contributed by atoms with van der Waals surface area (Å²) in [5, 5.41) is 2.58. The third-order valence-electron chi connectivity index (χ3n) is 2.10. The number of benzene rings is 1. The highest BCUT2D eigenvalue weighted by atomic mass is 19.1. The van der Waals surface area contributed by atoms with Crippen molar-refractivity contribution in [2.75, 3.05) is 6.61 Å². The highest BCUT2D eigenvalue weighted by molar-refractivity contribution is 5.89. The molecule has 0 saturated carbocycles. The average molecular weight is 265 g/mol. The molecule has 0 fully saturated rings. The Kier molecular flexibility index (Phi) is 5.73. The van der Waals surface area contributed by atoms with Crippen molar-refractivity contribution in [1.82, 2.24) is 5.32 Å². The normalized spacial score (nSPS) is 10.7. The van der Waals surface area contributed by atoms with Crippen LogP contribution in [0.5, 0.6) is 0 Å². The van der Waals surface area contributed by atoms with Gasteiger partial charge in [0.05, 0.1) is 0 Å². The minimum absolute atomic E-state index is 0.0137. The Balaban J connectivity index is 2.44. The fraction of sp³-hybridized carbons (Fsp3) is 0.286. The van der Waals surface area contributed by atoms with Gasteiger partial charge in [0.2, 0.25) is 0 Å². The molecule has 5 heteroatoms. The summed E-state index contributed by atoms with van der Waals surface area (Å²) in [6.07, 6.45) is 2.39. The van der Waals surface area contributed by atoms with Gasteiger partial charge in [-0.05, 0) is 26.0 Å². The third kappa shape index (κ3) is 5.81. The first-order chi connectivity index (χ1) is 8.99. The maximum atomic E-state index is 13.2. The first kappa shape index (κ1) is 14.9. The van der Waals surface area contributed by atoms with Crippen molar-refractivity contribution in [3.63, 3.8) is 0 Å². The van der Waals surface area contributed by atoms with Gasteiger partial charge in [0.25, 0.3) is 5.91 Å². The molecule has 1 rings (SSSR count). The Morgan fingerprint density at radius 3 is 2.68 bits per heavy atom. The molecule has 0 saturated heterocycles. The average Bonchev–Trinajstić information content (AvgIpc) is 2.34. The van der Waals surface area contributed by atoms with Crippen LogP contribution in [-0.4, -0.2) is 24.5 Å². The fourth-order valence-electron chi connectivity index (χ4n) is 1.32. The zero-order valence-electron chi connectivity index (χ0n) is 10.9. The first-order valence-electron chi connectivity index (χ1n) is 5.87. The van der Waals surface area contributed by atoms with Crippen LogP contribution in [0.25, 0.3) is 6.08 Å². The van der Waals surface area contributed by atoms with E-state index in [1.165, 1.54) is 18.2 Å². The van der Waals surface area contributed by atoms with Gasteiger partial charge in [-0.15, -0.1) is 0 Å². The number of halogens is 1. The van der Waals surface area contributed by atoms with Gasteiger partial charge in [-0.2, -0.15) is 0 Å². The monoisotopic (exact) mass is 265 g/mol. The van der Waals surface area contributed by atoms with E-state index in [9.17, 15) is 14.0 Å². The number of nitrogens with one attached hydrogen (secondary N) is 1. The SMILES string of the molecule is CC(C)NC(=O)COC(=O)/C=C/c1ccccc1F. The van der Waals surface area contributed by atoms with Crippen molar-refractivity contribution in [2.24, 2.45) is 0 Å². The van der Waals surface area contributed by atoms with E-state index in [0.717, 1.165) is 6.08 Å². The zero-order chi connectivity index (χ0) is 14.3. The highest BCUT2D eigenvalue weighted by Gasteiger charge is 2.06. The van der Waals surface area contributed by atoms with Crippen LogP contribution < -0.4 is 5.32 Å². The molecule has 0 aromatic heterocycles. The van der Waals surface area contributed by atoms with Crippen LogP contribution in [-0.2, 0) is 14.3 Å². The molecule has 1 aromatic rings. The highest BCUT2D eigenvalue weighted by Crippen LogP contribution is 2.08. The van der Waals surface area contributed by atoms with Crippen molar-refractivity contribution >= 4 is 18.0 Å². The molecule has 4 nitrogen and oxygen atoms in total. The van der Waals surface area contributed by atoms with Crippen LogP contribution in [0.4, 0.5) is 4.39 Å². The Labute approximate surface area is 111 Å². The van der Waals surface area contributed by atoms with Crippen molar-refractivity contribution < 1.29 is 18.7 Å². The zero-order valence-corrected chi connectivity index (χ0v) is 10.9. The number of amides is 1. The lowest BCUT2D eigenvalue weighted by molar-refractivity contribution is -0.143. The van der Waals surface area contributed by atoms with Gasteiger partial charge in [0.1, 0.15) is 5.82 Å². The quantitative estimate of drug-likeness (QED) is 0.653. The molecule has 1 N–H and O–H groups in total. The molecule has 1 amide bonds. The lowest BCUT2D eigenvalue weighted by Crippen LogP contribution is -2.33. The Hall–Kier alpha value is -2.17. The molecule has 0 bridgehead atoms. The summed E-state index contributed by atoms with van der Waals surface area (Å²) in [5.74, 6) is -1.49. The summed E-state index contributed by atoms with van der Waals surface area (Å²) in [7, 11) is 0. The van der Waals surface area contributed by atoms with Crippen LogP contribution in [0.1, 0.15) is 19.4 Å². The van der Waals surface area contributed by atoms with E-state index >= 15 is 0 Å². The van der Waals surface area contributed by atoms with Gasteiger partial charge in [-0.1, -0.05) is 18.2 Å². The van der Waals surface area contributed by atoms with Crippen molar-refractivity contribution in [3.8, 4) is 0 Å². The van der Waals surface area contributed by atoms with Crippen LogP contribution in [0.3, 0.4) is 0 Å². The summed E-state index contributed by atoms with van der Waals surface area (Å²) in [5.41, 5.74) is 0.283. The van der Waals surface area contributed by atoms with E-state index in [1.54, 1.807) is 26.0 Å². The van der Waals surface area contributed by atoms with Crippen molar-refractivity contribution in [1.29, 1.82) is 0 Å². The molecule has 0 atom stereocenters. The van der Waals surface area contributed by atoms with E-state index in [-0.39, 0.29) is 24.1 Å². The van der Waals surface area contributed by atoms with Gasteiger partial charge in [0, 0.05) is 17.7 Å². The Morgan fingerprint density at radius 1 is 1.37 bits per heavy atom. The maximum absolute atomic E-state index is 13.2. The third-order valence-corrected chi connectivity index (χ3v) is 2.10. The predicted octanol–water partition coefficient (Wildman–Crippen LogP) is 1.91. The molecule has 0 aliphatic rings. The number of carbonyl (C=O) groups excluding carboxylic acids is 2. The molecule has 0 unspecified atom stereocenters. The molecule has 19 heavy (non-hydrogen) atoms. The first-order valence-corrected chi connectivity index (χ1v) is 5.87. The number of esters is 1. The number of hydrogen-bond acceptors (Lipinski definition) is 3. The van der Waals surface area contributed by atoms with Gasteiger partial charge < -0.3 is 10.1 Å². The lowest BCUT2D eigenvalue weighted by Gasteiger charge is -2.07. The van der Waals surface area contributed by atoms with E-state index in [2.05, 4.69) is 5.32 Å². The summed E-state index contributed by atoms with van der Waals surface area (Å²) >= 11 is 0. The summed E-state index contributed by atoms with van der Waals surface area (Å²) in [4.78, 5) is 22.5. The molecular formula is C14H16FNO3. The van der Waals surface area contributed by atoms with E-state index in [1.807, 2.05) is 0 Å². The Morgan fingerprint density at radius 2 is 2.05 bits per heavy atom. The lowest BCUT2D eigenvalue weighted by atomic mass is 10.2. The topological polar surface area (TPSA) is 55.4 Å². The summed E-state index contributed by atoms with van der Waals surface area (Å²) in [6.45, 7) is 3.26. The van der Waals surface area contributed by atoms with Crippen molar-refractivity contribution in [3.05, 3.63) is 41.7 Å². The van der Waals surface area contributed by atoms with Gasteiger partial charge >= 0.3 is 5.97 Å². The second-order valence-corrected chi connectivity index (χ2v) is 4.18. The van der Waals surface area contributed by atoms with Crippen LogP contribution in [0.15, 0.2) is 30.3 Å². The van der Waals surface area contributed by atoms with Crippen molar-refractivity contribution in [2.45, 2.75) is 19.9 Å². The number of carbonyl (C=O) groups is 2. The summed E-state index contributed by atoms with van der Waals surface area (Å²) < 4.78 is 17.9. The molecule has 0 aliphatic carbocycles. The molecule has 1 aromatic carbocycles. The standard InChI is InChI=1S/C14H16FNO3/c1-10(2)16-13(17)9-19-14(18)8-7-11-5-3-4-6-12(11)15/h3-8,10H,9H2,1-2H3,(H,16,17)/b8-7+. The molecular weight excluding hydrogens is 249 g/mol. The largest absolute Gasteiger partial charge is 0.452 e. The number of hydrogen-bond donors (Lipinski definition) is 1. The second kappa shape index (κ2) is 7.31.